The Morgan fingerprint density at radius 2 is 2.29 bits per heavy atom. The van der Waals surface area contributed by atoms with Gasteiger partial charge in [0.05, 0.1) is 16.8 Å². The van der Waals surface area contributed by atoms with Gasteiger partial charge in [0, 0.05) is 30.3 Å². The second-order valence-electron chi connectivity index (χ2n) is 5.04. The molecule has 0 fully saturated rings. The summed E-state index contributed by atoms with van der Waals surface area (Å²) < 4.78 is 1.70. The van der Waals surface area contributed by atoms with Crippen molar-refractivity contribution < 1.29 is 4.79 Å². The molecule has 0 aromatic carbocycles. The average Bonchev–Trinajstić information content (AvgIpc) is 3.34. The summed E-state index contributed by atoms with van der Waals surface area (Å²) in [5, 5.41) is 18.4. The van der Waals surface area contributed by atoms with Gasteiger partial charge in [-0.3, -0.25) is 14.6 Å². The van der Waals surface area contributed by atoms with Crippen LogP contribution in [0.3, 0.4) is 0 Å². The molecule has 120 valence electrons. The lowest BCUT2D eigenvalue weighted by atomic mass is 10.3. The van der Waals surface area contributed by atoms with Crippen LogP contribution in [-0.2, 0) is 7.05 Å². The van der Waals surface area contributed by atoms with Gasteiger partial charge in [-0.15, -0.1) is 22.7 Å². The van der Waals surface area contributed by atoms with Crippen LogP contribution >= 0.6 is 22.7 Å². The number of anilines is 1. The van der Waals surface area contributed by atoms with Crippen LogP contribution in [0.5, 0.6) is 0 Å². The minimum Gasteiger partial charge on any atom is -0.304 e. The third-order valence-corrected chi connectivity index (χ3v) is 5.09. The maximum absolute atomic E-state index is 12.3. The highest BCUT2D eigenvalue weighted by Crippen LogP contribution is 2.25. The zero-order chi connectivity index (χ0) is 16.5. The van der Waals surface area contributed by atoms with Crippen molar-refractivity contribution in [3.63, 3.8) is 0 Å². The monoisotopic (exact) mass is 356 g/mol. The standard InChI is InChI=1S/C15H12N6OS2/c1-21-7-9(6-16-21)15-17-11(8-24-15)14(22)18-13-5-10(19-20-13)12-3-2-4-23-12/h2-8H,1H3,(H2,18,19,20,22). The Kier molecular flexibility index (Phi) is 3.71. The van der Waals surface area contributed by atoms with Crippen LogP contribution in [0.25, 0.3) is 21.1 Å². The summed E-state index contributed by atoms with van der Waals surface area (Å²) in [4.78, 5) is 17.7. The predicted octanol–water partition coefficient (Wildman–Crippen LogP) is 3.25. The van der Waals surface area contributed by atoms with Crippen molar-refractivity contribution in [1.29, 1.82) is 0 Å². The normalized spacial score (nSPS) is 10.9. The summed E-state index contributed by atoms with van der Waals surface area (Å²) in [5.74, 6) is 0.185. The molecule has 0 radical (unpaired) electrons. The Bertz CT molecular complexity index is 981. The predicted molar refractivity (Wildman–Crippen MR) is 94.2 cm³/mol. The van der Waals surface area contributed by atoms with Crippen LogP contribution in [0, 0.1) is 0 Å². The first-order valence-corrected chi connectivity index (χ1v) is 8.80. The molecule has 0 bridgehead atoms. The Morgan fingerprint density at radius 1 is 1.38 bits per heavy atom. The summed E-state index contributed by atoms with van der Waals surface area (Å²) in [6.07, 6.45) is 3.59. The molecule has 7 nitrogen and oxygen atoms in total. The molecule has 0 unspecified atom stereocenters. The Hall–Kier alpha value is -2.78. The van der Waals surface area contributed by atoms with E-state index < -0.39 is 0 Å². The van der Waals surface area contributed by atoms with Crippen molar-refractivity contribution >= 4 is 34.4 Å². The number of rotatable bonds is 4. The van der Waals surface area contributed by atoms with Gasteiger partial charge >= 0.3 is 0 Å². The minimum atomic E-state index is -0.286. The van der Waals surface area contributed by atoms with Crippen LogP contribution in [0.1, 0.15) is 10.5 Å². The summed E-state index contributed by atoms with van der Waals surface area (Å²) >= 11 is 3.01. The lowest BCUT2D eigenvalue weighted by molar-refractivity contribution is 0.102. The zero-order valence-electron chi connectivity index (χ0n) is 12.6. The molecule has 0 saturated carbocycles. The molecule has 4 heterocycles. The van der Waals surface area contributed by atoms with Crippen LogP contribution in [0.15, 0.2) is 41.4 Å². The number of amides is 1. The van der Waals surface area contributed by atoms with E-state index in [-0.39, 0.29) is 5.91 Å². The first-order valence-electron chi connectivity index (χ1n) is 7.04. The van der Waals surface area contributed by atoms with Crippen LogP contribution in [0.4, 0.5) is 5.82 Å². The van der Waals surface area contributed by atoms with Crippen molar-refractivity contribution in [2.24, 2.45) is 7.05 Å². The van der Waals surface area contributed by atoms with Crippen molar-refractivity contribution in [3.05, 3.63) is 47.0 Å². The third-order valence-electron chi connectivity index (χ3n) is 3.29. The van der Waals surface area contributed by atoms with Gasteiger partial charge in [-0.05, 0) is 11.4 Å². The molecule has 24 heavy (non-hydrogen) atoms. The highest BCUT2D eigenvalue weighted by molar-refractivity contribution is 7.13. The van der Waals surface area contributed by atoms with E-state index in [1.807, 2.05) is 30.8 Å². The van der Waals surface area contributed by atoms with Crippen molar-refractivity contribution in [2.75, 3.05) is 5.32 Å². The maximum atomic E-state index is 12.3. The van der Waals surface area contributed by atoms with E-state index in [0.717, 1.165) is 21.1 Å². The Balaban J connectivity index is 1.50. The van der Waals surface area contributed by atoms with Crippen molar-refractivity contribution in [1.82, 2.24) is 25.0 Å². The molecular weight excluding hydrogens is 344 g/mol. The fourth-order valence-electron chi connectivity index (χ4n) is 2.17. The number of aromatic nitrogens is 5. The largest absolute Gasteiger partial charge is 0.304 e. The zero-order valence-corrected chi connectivity index (χ0v) is 14.2. The number of H-pyrrole nitrogens is 1. The molecule has 0 aliphatic rings. The molecule has 0 spiro atoms. The molecule has 4 aromatic rings. The molecule has 0 atom stereocenters. The number of hydrogen-bond acceptors (Lipinski definition) is 6. The number of thiophene rings is 1. The number of hydrogen-bond donors (Lipinski definition) is 2. The molecule has 2 N–H and O–H groups in total. The van der Waals surface area contributed by atoms with E-state index in [0.29, 0.717) is 11.5 Å². The molecular formula is C15H12N6OS2. The van der Waals surface area contributed by atoms with Crippen LogP contribution < -0.4 is 5.32 Å². The van der Waals surface area contributed by atoms with E-state index in [9.17, 15) is 4.79 Å². The van der Waals surface area contributed by atoms with Gasteiger partial charge < -0.3 is 5.32 Å². The summed E-state index contributed by atoms with van der Waals surface area (Å²) in [6, 6.07) is 5.76. The van der Waals surface area contributed by atoms with Gasteiger partial charge in [-0.1, -0.05) is 6.07 Å². The van der Waals surface area contributed by atoms with Gasteiger partial charge in [0.1, 0.15) is 10.7 Å². The number of aromatic amines is 1. The summed E-state index contributed by atoms with van der Waals surface area (Å²) in [7, 11) is 1.84. The fourth-order valence-corrected chi connectivity index (χ4v) is 3.63. The van der Waals surface area contributed by atoms with Crippen LogP contribution in [0.2, 0.25) is 0 Å². The quantitative estimate of drug-likeness (QED) is 0.587. The smallest absolute Gasteiger partial charge is 0.276 e. The second kappa shape index (κ2) is 6.02. The first kappa shape index (κ1) is 14.8. The van der Waals surface area contributed by atoms with Gasteiger partial charge in [0.15, 0.2) is 5.82 Å². The molecule has 9 heteroatoms. The number of nitrogens with zero attached hydrogens (tertiary/aromatic N) is 4. The molecule has 4 aromatic heterocycles. The highest BCUT2D eigenvalue weighted by atomic mass is 32.1. The van der Waals surface area contributed by atoms with Crippen molar-refractivity contribution in [3.8, 4) is 21.1 Å². The number of carbonyl (C=O) groups is 1. The Labute approximate surface area is 145 Å². The fraction of sp³-hybridized carbons (Fsp3) is 0.0667. The summed E-state index contributed by atoms with van der Waals surface area (Å²) in [6.45, 7) is 0. The highest BCUT2D eigenvalue weighted by Gasteiger charge is 2.14. The number of thiazole rings is 1. The van der Waals surface area contributed by atoms with Crippen LogP contribution in [-0.4, -0.2) is 30.9 Å². The van der Waals surface area contributed by atoms with E-state index >= 15 is 0 Å². The molecule has 0 saturated heterocycles. The second-order valence-corrected chi connectivity index (χ2v) is 6.84. The number of nitrogens with one attached hydrogen (secondary N) is 2. The molecule has 4 rings (SSSR count). The van der Waals surface area contributed by atoms with Crippen molar-refractivity contribution in [2.45, 2.75) is 0 Å². The summed E-state index contributed by atoms with van der Waals surface area (Å²) in [5.41, 5.74) is 2.12. The van der Waals surface area contributed by atoms with E-state index in [1.165, 1.54) is 11.3 Å². The third kappa shape index (κ3) is 2.86. The maximum Gasteiger partial charge on any atom is 0.276 e. The SMILES string of the molecule is Cn1cc(-c2nc(C(=O)Nc3cc(-c4cccs4)[nH]n3)cs2)cn1. The molecule has 1 amide bonds. The van der Waals surface area contributed by atoms with Gasteiger partial charge in [-0.2, -0.15) is 10.2 Å². The number of carbonyl (C=O) groups excluding carboxylic acids is 1. The Morgan fingerprint density at radius 3 is 3.04 bits per heavy atom. The van der Waals surface area contributed by atoms with E-state index in [2.05, 4.69) is 25.6 Å². The van der Waals surface area contributed by atoms with Gasteiger partial charge in [-0.25, -0.2) is 4.98 Å². The molecule has 0 aliphatic heterocycles. The first-order chi connectivity index (χ1) is 11.7. The van der Waals surface area contributed by atoms with E-state index in [4.69, 9.17) is 0 Å². The van der Waals surface area contributed by atoms with Gasteiger partial charge in [0.2, 0.25) is 0 Å². The number of aryl methyl sites for hydroxylation is 1. The molecule has 0 aliphatic carbocycles. The van der Waals surface area contributed by atoms with Gasteiger partial charge in [0.25, 0.3) is 5.91 Å². The lowest BCUT2D eigenvalue weighted by Crippen LogP contribution is -2.12. The topological polar surface area (TPSA) is 88.5 Å². The average molecular weight is 356 g/mol. The van der Waals surface area contributed by atoms with E-state index in [1.54, 1.807) is 33.7 Å². The minimum absolute atomic E-state index is 0.286. The lowest BCUT2D eigenvalue weighted by Gasteiger charge is -1.97.